The monoisotopic (exact) mass is 228 g/mol. The van der Waals surface area contributed by atoms with Gasteiger partial charge >= 0.3 is 0 Å². The van der Waals surface area contributed by atoms with E-state index in [-0.39, 0.29) is 0 Å². The molecule has 1 heterocycles. The van der Waals surface area contributed by atoms with Crippen molar-refractivity contribution < 1.29 is 4.74 Å². The maximum atomic E-state index is 5.73. The molecule has 0 bridgehead atoms. The van der Waals surface area contributed by atoms with Crippen molar-refractivity contribution in [3.05, 3.63) is 59.4 Å². The Labute approximate surface area is 101 Å². The summed E-state index contributed by atoms with van der Waals surface area (Å²) >= 11 is 0. The van der Waals surface area contributed by atoms with Gasteiger partial charge in [-0.05, 0) is 41.8 Å². The number of benzene rings is 1. The van der Waals surface area contributed by atoms with Gasteiger partial charge in [0.25, 0.3) is 0 Å². The average Bonchev–Trinajstić information content (AvgIpc) is 2.37. The largest absolute Gasteiger partial charge is 0.489 e. The van der Waals surface area contributed by atoms with Crippen LogP contribution in [0.15, 0.2) is 42.7 Å². The SMILES string of the molecule is Cc1cccc(OCc2ccncc2CN)c1. The molecular formula is C14H16N2O. The summed E-state index contributed by atoms with van der Waals surface area (Å²) in [4.78, 5) is 4.05. The van der Waals surface area contributed by atoms with Crippen molar-refractivity contribution in [3.63, 3.8) is 0 Å². The fourth-order valence-corrected chi connectivity index (χ4v) is 1.65. The van der Waals surface area contributed by atoms with Crippen molar-refractivity contribution in [1.29, 1.82) is 0 Å². The van der Waals surface area contributed by atoms with E-state index in [1.54, 1.807) is 12.4 Å². The first-order valence-corrected chi connectivity index (χ1v) is 5.61. The second-order valence-electron chi connectivity index (χ2n) is 3.95. The Morgan fingerprint density at radius 3 is 2.88 bits per heavy atom. The van der Waals surface area contributed by atoms with Crippen molar-refractivity contribution >= 4 is 0 Å². The minimum atomic E-state index is 0.486. The van der Waals surface area contributed by atoms with Gasteiger partial charge in [0.15, 0.2) is 0 Å². The fraction of sp³-hybridized carbons (Fsp3) is 0.214. The number of aromatic nitrogens is 1. The zero-order valence-corrected chi connectivity index (χ0v) is 9.89. The molecule has 1 aromatic heterocycles. The van der Waals surface area contributed by atoms with Gasteiger partial charge < -0.3 is 10.5 Å². The summed E-state index contributed by atoms with van der Waals surface area (Å²) < 4.78 is 5.73. The van der Waals surface area contributed by atoms with Crippen molar-refractivity contribution in [2.75, 3.05) is 0 Å². The second kappa shape index (κ2) is 5.46. The van der Waals surface area contributed by atoms with Crippen LogP contribution in [-0.4, -0.2) is 4.98 Å². The number of rotatable bonds is 4. The third-order valence-corrected chi connectivity index (χ3v) is 2.61. The Bertz CT molecular complexity index is 497. The lowest BCUT2D eigenvalue weighted by Crippen LogP contribution is -2.05. The summed E-state index contributed by atoms with van der Waals surface area (Å²) in [6.07, 6.45) is 3.54. The summed E-state index contributed by atoms with van der Waals surface area (Å²) in [5.41, 5.74) is 8.95. The molecule has 0 fully saturated rings. The highest BCUT2D eigenvalue weighted by atomic mass is 16.5. The predicted octanol–water partition coefficient (Wildman–Crippen LogP) is 2.43. The molecule has 0 saturated heterocycles. The van der Waals surface area contributed by atoms with Crippen LogP contribution in [0.1, 0.15) is 16.7 Å². The van der Waals surface area contributed by atoms with Crippen LogP contribution in [0.2, 0.25) is 0 Å². The molecule has 0 spiro atoms. The van der Waals surface area contributed by atoms with Crippen LogP contribution in [0.3, 0.4) is 0 Å². The third kappa shape index (κ3) is 3.04. The normalized spacial score (nSPS) is 10.2. The Kier molecular flexibility index (Phi) is 3.73. The van der Waals surface area contributed by atoms with Gasteiger partial charge in [-0.2, -0.15) is 0 Å². The lowest BCUT2D eigenvalue weighted by Gasteiger charge is -2.09. The number of aryl methyl sites for hydroxylation is 1. The van der Waals surface area contributed by atoms with Gasteiger partial charge in [-0.3, -0.25) is 4.98 Å². The highest BCUT2D eigenvalue weighted by Crippen LogP contribution is 2.15. The molecule has 0 amide bonds. The van der Waals surface area contributed by atoms with Gasteiger partial charge in [-0.25, -0.2) is 0 Å². The van der Waals surface area contributed by atoms with Gasteiger partial charge in [0.1, 0.15) is 12.4 Å². The third-order valence-electron chi connectivity index (χ3n) is 2.61. The van der Waals surface area contributed by atoms with Crippen LogP contribution in [0.25, 0.3) is 0 Å². The van der Waals surface area contributed by atoms with Crippen LogP contribution >= 0.6 is 0 Å². The lowest BCUT2D eigenvalue weighted by molar-refractivity contribution is 0.304. The summed E-state index contributed by atoms with van der Waals surface area (Å²) in [7, 11) is 0. The number of nitrogens with two attached hydrogens (primary N) is 1. The minimum Gasteiger partial charge on any atom is -0.489 e. The molecule has 2 aromatic rings. The summed E-state index contributed by atoms with van der Waals surface area (Å²) in [5.74, 6) is 0.879. The maximum Gasteiger partial charge on any atom is 0.120 e. The Morgan fingerprint density at radius 1 is 1.24 bits per heavy atom. The first kappa shape index (κ1) is 11.6. The van der Waals surface area contributed by atoms with Gasteiger partial charge in [0, 0.05) is 18.9 Å². The molecule has 88 valence electrons. The van der Waals surface area contributed by atoms with Gasteiger partial charge in [0.05, 0.1) is 0 Å². The number of hydrogen-bond acceptors (Lipinski definition) is 3. The smallest absolute Gasteiger partial charge is 0.120 e. The van der Waals surface area contributed by atoms with E-state index in [1.807, 2.05) is 37.3 Å². The maximum absolute atomic E-state index is 5.73. The highest BCUT2D eigenvalue weighted by Gasteiger charge is 2.01. The minimum absolute atomic E-state index is 0.486. The van der Waals surface area contributed by atoms with E-state index in [1.165, 1.54) is 5.56 Å². The zero-order valence-electron chi connectivity index (χ0n) is 9.89. The van der Waals surface area contributed by atoms with Crippen LogP contribution in [0, 0.1) is 6.92 Å². The van der Waals surface area contributed by atoms with E-state index in [9.17, 15) is 0 Å². The molecule has 0 aliphatic heterocycles. The standard InChI is InChI=1S/C14H16N2O/c1-11-3-2-4-14(7-11)17-10-12-5-6-16-9-13(12)8-15/h2-7,9H,8,10,15H2,1H3. The number of hydrogen-bond donors (Lipinski definition) is 1. The van der Waals surface area contributed by atoms with Crippen LogP contribution < -0.4 is 10.5 Å². The highest BCUT2D eigenvalue weighted by molar-refractivity contribution is 5.28. The second-order valence-corrected chi connectivity index (χ2v) is 3.95. The van der Waals surface area contributed by atoms with E-state index >= 15 is 0 Å². The molecule has 3 heteroatoms. The fourth-order valence-electron chi connectivity index (χ4n) is 1.65. The predicted molar refractivity (Wildman–Crippen MR) is 67.6 cm³/mol. The van der Waals surface area contributed by atoms with Crippen LogP contribution in [0.4, 0.5) is 0 Å². The first-order valence-electron chi connectivity index (χ1n) is 5.61. The number of ether oxygens (including phenoxy) is 1. The molecule has 0 aliphatic rings. The molecule has 0 aliphatic carbocycles. The van der Waals surface area contributed by atoms with E-state index in [4.69, 9.17) is 10.5 Å². The Balaban J connectivity index is 2.07. The van der Waals surface area contributed by atoms with Crippen molar-refractivity contribution in [2.24, 2.45) is 5.73 Å². The van der Waals surface area contributed by atoms with Crippen molar-refractivity contribution in [1.82, 2.24) is 4.98 Å². The first-order chi connectivity index (χ1) is 8.29. The Morgan fingerprint density at radius 2 is 2.12 bits per heavy atom. The van der Waals surface area contributed by atoms with E-state index in [2.05, 4.69) is 4.98 Å². The van der Waals surface area contributed by atoms with E-state index in [0.29, 0.717) is 13.2 Å². The summed E-state index contributed by atoms with van der Waals surface area (Å²) in [6, 6.07) is 9.95. The molecular weight excluding hydrogens is 212 g/mol. The molecule has 17 heavy (non-hydrogen) atoms. The molecule has 0 unspecified atom stereocenters. The summed E-state index contributed by atoms with van der Waals surface area (Å²) in [5, 5.41) is 0. The molecule has 1 aromatic carbocycles. The number of nitrogens with zero attached hydrogens (tertiary/aromatic N) is 1. The topological polar surface area (TPSA) is 48.1 Å². The lowest BCUT2D eigenvalue weighted by atomic mass is 10.1. The van der Waals surface area contributed by atoms with Crippen LogP contribution in [0.5, 0.6) is 5.75 Å². The molecule has 0 saturated carbocycles. The zero-order chi connectivity index (χ0) is 12.1. The van der Waals surface area contributed by atoms with Crippen LogP contribution in [-0.2, 0) is 13.2 Å². The van der Waals surface area contributed by atoms with E-state index in [0.717, 1.165) is 16.9 Å². The Hall–Kier alpha value is -1.87. The van der Waals surface area contributed by atoms with Gasteiger partial charge in [-0.15, -0.1) is 0 Å². The average molecular weight is 228 g/mol. The summed E-state index contributed by atoms with van der Waals surface area (Å²) in [6.45, 7) is 3.06. The molecule has 3 nitrogen and oxygen atoms in total. The number of pyridine rings is 1. The van der Waals surface area contributed by atoms with Crippen molar-refractivity contribution in [3.8, 4) is 5.75 Å². The quantitative estimate of drug-likeness (QED) is 0.874. The molecule has 0 radical (unpaired) electrons. The van der Waals surface area contributed by atoms with E-state index < -0.39 is 0 Å². The van der Waals surface area contributed by atoms with Gasteiger partial charge in [-0.1, -0.05) is 12.1 Å². The molecule has 0 atom stereocenters. The van der Waals surface area contributed by atoms with Crippen molar-refractivity contribution in [2.45, 2.75) is 20.1 Å². The molecule has 2 N–H and O–H groups in total. The molecule has 2 rings (SSSR count). The van der Waals surface area contributed by atoms with Gasteiger partial charge in [0.2, 0.25) is 0 Å².